The summed E-state index contributed by atoms with van der Waals surface area (Å²) in [6.07, 6.45) is 1.63. The third-order valence-electron chi connectivity index (χ3n) is 6.82. The first kappa shape index (κ1) is 23.4. The molecule has 0 bridgehead atoms. The normalized spacial score (nSPS) is 19.1. The van der Waals surface area contributed by atoms with Crippen LogP contribution >= 0.6 is 11.6 Å². The Morgan fingerprint density at radius 1 is 1.23 bits per heavy atom. The molecule has 9 heteroatoms. The third-order valence-corrected chi connectivity index (χ3v) is 7.14. The number of hydrogen-bond donors (Lipinski definition) is 2. The Hall–Kier alpha value is -3.36. The zero-order valence-corrected chi connectivity index (χ0v) is 20.2. The van der Waals surface area contributed by atoms with Crippen molar-refractivity contribution in [3.63, 3.8) is 0 Å². The van der Waals surface area contributed by atoms with Gasteiger partial charge in [-0.3, -0.25) is 9.59 Å². The molecule has 0 radical (unpaired) electrons. The van der Waals surface area contributed by atoms with E-state index in [1.807, 2.05) is 12.1 Å². The van der Waals surface area contributed by atoms with Crippen molar-refractivity contribution in [2.45, 2.75) is 50.8 Å². The number of carbonyl (C=O) groups excluding carboxylic acids is 1. The fourth-order valence-corrected chi connectivity index (χ4v) is 5.34. The van der Waals surface area contributed by atoms with Crippen molar-refractivity contribution in [3.8, 4) is 5.75 Å². The molecule has 0 saturated heterocycles. The van der Waals surface area contributed by atoms with Crippen LogP contribution in [0.4, 0.5) is 0 Å². The number of halogens is 1. The number of aryl methyl sites for hydroxylation is 1. The van der Waals surface area contributed by atoms with Crippen molar-refractivity contribution in [2.24, 2.45) is 0 Å². The molecule has 1 fully saturated rings. The lowest BCUT2D eigenvalue weighted by Gasteiger charge is -2.32. The predicted octanol–water partition coefficient (Wildman–Crippen LogP) is 4.45. The van der Waals surface area contributed by atoms with Crippen LogP contribution in [0.1, 0.15) is 49.2 Å². The highest BCUT2D eigenvalue weighted by molar-refractivity contribution is 6.37. The van der Waals surface area contributed by atoms with E-state index in [-0.39, 0.29) is 17.6 Å². The Labute approximate surface area is 206 Å². The van der Waals surface area contributed by atoms with Gasteiger partial charge in [-0.1, -0.05) is 35.0 Å². The number of ether oxygens (including phenoxy) is 1. The number of carbonyl (C=O) groups is 1. The minimum Gasteiger partial charge on any atom is -0.497 e. The molecule has 4 aromatic rings. The minimum absolute atomic E-state index is 0.153. The van der Waals surface area contributed by atoms with Crippen LogP contribution in [0.15, 0.2) is 51.8 Å². The maximum atomic E-state index is 13.6. The SMILES string of the molecule is COc1ccc(C(O)C(=O)NC2CCCC(n3c(=O)c4c(C)onc4c4c(Cl)cccc43)C2)cc1. The zero-order chi connectivity index (χ0) is 24.7. The fourth-order valence-electron chi connectivity index (χ4n) is 5.08. The van der Waals surface area contributed by atoms with E-state index in [9.17, 15) is 14.7 Å². The van der Waals surface area contributed by atoms with E-state index in [2.05, 4.69) is 10.5 Å². The van der Waals surface area contributed by atoms with Crippen LogP contribution in [0.25, 0.3) is 21.8 Å². The van der Waals surface area contributed by atoms with Crippen molar-refractivity contribution < 1.29 is 19.2 Å². The van der Waals surface area contributed by atoms with Crippen LogP contribution in [0.3, 0.4) is 0 Å². The van der Waals surface area contributed by atoms with E-state index in [1.54, 1.807) is 48.9 Å². The minimum atomic E-state index is -1.29. The predicted molar refractivity (Wildman–Crippen MR) is 133 cm³/mol. The van der Waals surface area contributed by atoms with Crippen LogP contribution in [-0.2, 0) is 4.79 Å². The monoisotopic (exact) mass is 495 g/mol. The molecule has 1 aliphatic rings. The summed E-state index contributed by atoms with van der Waals surface area (Å²) in [5.41, 5.74) is 1.47. The second kappa shape index (κ2) is 9.36. The van der Waals surface area contributed by atoms with Crippen LogP contribution in [0.2, 0.25) is 5.02 Å². The first-order valence-corrected chi connectivity index (χ1v) is 12.0. The average molecular weight is 496 g/mol. The molecule has 2 heterocycles. The van der Waals surface area contributed by atoms with Gasteiger partial charge >= 0.3 is 0 Å². The number of aliphatic hydroxyl groups excluding tert-OH is 1. The molecule has 1 saturated carbocycles. The van der Waals surface area contributed by atoms with Crippen LogP contribution in [-0.4, -0.2) is 33.9 Å². The van der Waals surface area contributed by atoms with Gasteiger partial charge in [-0.15, -0.1) is 0 Å². The van der Waals surface area contributed by atoms with E-state index < -0.39 is 12.0 Å². The van der Waals surface area contributed by atoms with Crippen molar-refractivity contribution in [1.82, 2.24) is 15.0 Å². The molecule has 3 unspecified atom stereocenters. The lowest BCUT2D eigenvalue weighted by Crippen LogP contribution is -2.42. The molecule has 1 aliphatic carbocycles. The molecule has 2 aromatic carbocycles. The second-order valence-corrected chi connectivity index (χ2v) is 9.38. The number of fused-ring (bicyclic) bond motifs is 3. The van der Waals surface area contributed by atoms with E-state index in [1.165, 1.54) is 0 Å². The molecule has 3 atom stereocenters. The molecular formula is C26H26ClN3O5. The Balaban J connectivity index is 1.44. The molecule has 0 spiro atoms. The molecule has 5 rings (SSSR count). The number of pyridine rings is 1. The van der Waals surface area contributed by atoms with Crippen LogP contribution in [0, 0.1) is 6.92 Å². The summed E-state index contributed by atoms with van der Waals surface area (Å²) in [5.74, 6) is 0.629. The highest BCUT2D eigenvalue weighted by Crippen LogP contribution is 2.35. The van der Waals surface area contributed by atoms with E-state index >= 15 is 0 Å². The zero-order valence-electron chi connectivity index (χ0n) is 19.5. The summed E-state index contributed by atoms with van der Waals surface area (Å²) in [7, 11) is 1.56. The molecule has 35 heavy (non-hydrogen) atoms. The number of nitrogens with one attached hydrogen (secondary N) is 1. The lowest BCUT2D eigenvalue weighted by atomic mass is 9.90. The summed E-state index contributed by atoms with van der Waals surface area (Å²) in [5, 5.41) is 19.2. The van der Waals surface area contributed by atoms with Gasteiger partial charge in [0.25, 0.3) is 11.5 Å². The molecule has 1 amide bonds. The molecule has 2 aromatic heterocycles. The summed E-state index contributed by atoms with van der Waals surface area (Å²) in [4.78, 5) is 26.4. The molecule has 2 N–H and O–H groups in total. The van der Waals surface area contributed by atoms with Crippen LogP contribution < -0.4 is 15.6 Å². The maximum absolute atomic E-state index is 13.6. The number of hydrogen-bond acceptors (Lipinski definition) is 6. The summed E-state index contributed by atoms with van der Waals surface area (Å²) in [6, 6.07) is 11.8. The van der Waals surface area contributed by atoms with Gasteiger partial charge in [0.15, 0.2) is 6.10 Å². The average Bonchev–Trinajstić information content (AvgIpc) is 3.25. The smallest absolute Gasteiger partial charge is 0.264 e. The molecular weight excluding hydrogens is 470 g/mol. The lowest BCUT2D eigenvalue weighted by molar-refractivity contribution is -0.130. The molecule has 0 aliphatic heterocycles. The topological polar surface area (TPSA) is 107 Å². The number of amides is 1. The first-order valence-electron chi connectivity index (χ1n) is 11.6. The van der Waals surface area contributed by atoms with Gasteiger partial charge in [-0.2, -0.15) is 0 Å². The number of methoxy groups -OCH3 is 1. The second-order valence-electron chi connectivity index (χ2n) is 8.97. The molecule has 8 nitrogen and oxygen atoms in total. The number of benzene rings is 2. The maximum Gasteiger partial charge on any atom is 0.264 e. The Morgan fingerprint density at radius 2 is 2.00 bits per heavy atom. The Morgan fingerprint density at radius 3 is 2.74 bits per heavy atom. The van der Waals surface area contributed by atoms with E-state index in [4.69, 9.17) is 20.9 Å². The van der Waals surface area contributed by atoms with Gasteiger partial charge in [-0.25, -0.2) is 0 Å². The van der Waals surface area contributed by atoms with Crippen molar-refractivity contribution in [3.05, 3.63) is 69.2 Å². The third kappa shape index (κ3) is 4.17. The van der Waals surface area contributed by atoms with Gasteiger partial charge < -0.3 is 24.3 Å². The Kier molecular flexibility index (Phi) is 6.25. The van der Waals surface area contributed by atoms with E-state index in [0.29, 0.717) is 50.3 Å². The quantitative estimate of drug-likeness (QED) is 0.423. The van der Waals surface area contributed by atoms with Gasteiger partial charge in [-0.05, 0) is 62.4 Å². The van der Waals surface area contributed by atoms with E-state index in [0.717, 1.165) is 19.3 Å². The highest BCUT2D eigenvalue weighted by Gasteiger charge is 2.30. The molecule has 182 valence electrons. The fraction of sp³-hybridized carbons (Fsp3) is 0.346. The highest BCUT2D eigenvalue weighted by atomic mass is 35.5. The van der Waals surface area contributed by atoms with Gasteiger partial charge in [0.2, 0.25) is 0 Å². The number of rotatable bonds is 5. The summed E-state index contributed by atoms with van der Waals surface area (Å²) in [6.45, 7) is 1.72. The standard InChI is InChI=1S/C26H26ClN3O5/c1-14-21-23(29-35-14)22-19(27)7-4-8-20(22)30(26(21)33)17-6-3-5-16(13-17)28-25(32)24(31)15-9-11-18(34-2)12-10-15/h4,7-12,16-17,24,31H,3,5-6,13H2,1-2H3,(H,28,32). The number of aliphatic hydroxyl groups is 1. The Bertz CT molecular complexity index is 1460. The van der Waals surface area contributed by atoms with Gasteiger partial charge in [0.1, 0.15) is 22.4 Å². The van der Waals surface area contributed by atoms with Crippen molar-refractivity contribution >= 4 is 39.3 Å². The largest absolute Gasteiger partial charge is 0.497 e. The summed E-state index contributed by atoms with van der Waals surface area (Å²) < 4.78 is 12.2. The van der Waals surface area contributed by atoms with Crippen molar-refractivity contribution in [1.29, 1.82) is 0 Å². The summed E-state index contributed by atoms with van der Waals surface area (Å²) >= 11 is 6.53. The van der Waals surface area contributed by atoms with Crippen LogP contribution in [0.5, 0.6) is 5.75 Å². The number of aromatic nitrogens is 2. The van der Waals surface area contributed by atoms with Crippen molar-refractivity contribution in [2.75, 3.05) is 7.11 Å². The van der Waals surface area contributed by atoms with Gasteiger partial charge in [0.05, 0.1) is 17.6 Å². The first-order chi connectivity index (χ1) is 16.9. The van der Waals surface area contributed by atoms with Gasteiger partial charge in [0, 0.05) is 17.5 Å². The number of nitrogens with zero attached hydrogens (tertiary/aromatic N) is 2.